The van der Waals surface area contributed by atoms with Crippen molar-refractivity contribution >= 4 is 0 Å². The molecule has 0 fully saturated rings. The molecule has 0 rings (SSSR count). The highest BCUT2D eigenvalue weighted by Crippen LogP contribution is 1.72. The molecule has 0 aliphatic heterocycles. The molecule has 0 spiro atoms. The van der Waals surface area contributed by atoms with Gasteiger partial charge in [0.15, 0.2) is 0 Å². The van der Waals surface area contributed by atoms with Crippen molar-refractivity contribution in [3.63, 3.8) is 0 Å². The summed E-state index contributed by atoms with van der Waals surface area (Å²) in [5.41, 5.74) is 0. The van der Waals surface area contributed by atoms with Gasteiger partial charge in [0.1, 0.15) is 0 Å². The van der Waals surface area contributed by atoms with Crippen LogP contribution in [0.25, 0.3) is 0 Å². The van der Waals surface area contributed by atoms with Crippen molar-refractivity contribution < 1.29 is 0 Å². The van der Waals surface area contributed by atoms with E-state index in [4.69, 9.17) is 0 Å². The second-order valence-electron chi connectivity index (χ2n) is 2.00. The molecule has 1 unspecified atom stereocenters. The summed E-state index contributed by atoms with van der Waals surface area (Å²) in [4.78, 5) is 0. The van der Waals surface area contributed by atoms with E-state index in [2.05, 4.69) is 24.5 Å². The van der Waals surface area contributed by atoms with Gasteiger partial charge >= 0.3 is 0 Å². The Morgan fingerprint density at radius 3 is 1.75 bits per heavy atom. The van der Waals surface area contributed by atoms with Crippen LogP contribution in [-0.4, -0.2) is 26.2 Å². The fraction of sp³-hybridized carbons (Fsp3) is 1.00. The van der Waals surface area contributed by atoms with Crippen molar-refractivity contribution in [1.82, 2.24) is 10.6 Å². The second-order valence-corrected chi connectivity index (χ2v) is 2.00. The molecule has 0 heterocycles. The molecule has 1 atom stereocenters. The summed E-state index contributed by atoms with van der Waals surface area (Å²) in [5.74, 6) is 0. The molecule has 78 valence electrons. The Morgan fingerprint density at radius 2 is 1.50 bits per heavy atom. The first-order chi connectivity index (χ1) is 5.81. The minimum Gasteiger partial charge on any atom is -0.316 e. The Bertz CT molecular complexity index is 47.1. The minimum atomic E-state index is 0.593. The number of likely N-dealkylation sites (N-methyl/N-ethyl adjacent to an activating group) is 2. The first-order valence-electron chi connectivity index (χ1n) is 5.19. The molecular weight excluding hydrogens is 148 g/mol. The lowest BCUT2D eigenvalue weighted by molar-refractivity contribution is 0.552. The zero-order valence-electron chi connectivity index (χ0n) is 9.99. The van der Waals surface area contributed by atoms with E-state index in [-0.39, 0.29) is 0 Å². The molecule has 0 aromatic carbocycles. The largest absolute Gasteiger partial charge is 0.316 e. The Labute approximate surface area is 79.1 Å². The predicted molar refractivity (Wildman–Crippen MR) is 59.8 cm³/mol. The lowest BCUT2D eigenvalue weighted by Gasteiger charge is -2.08. The number of rotatable bonds is 4. The lowest BCUT2D eigenvalue weighted by Crippen LogP contribution is -2.33. The van der Waals surface area contributed by atoms with Crippen LogP contribution in [0.2, 0.25) is 0 Å². The zero-order valence-corrected chi connectivity index (χ0v) is 9.99. The molecule has 0 amide bonds. The van der Waals surface area contributed by atoms with Crippen LogP contribution in [0.5, 0.6) is 0 Å². The molecule has 2 nitrogen and oxygen atoms in total. The molecule has 2 N–H and O–H groups in total. The molecular formula is C10H28N2. The van der Waals surface area contributed by atoms with E-state index in [1.165, 1.54) is 0 Å². The quantitative estimate of drug-likeness (QED) is 0.686. The molecule has 0 saturated carbocycles. The van der Waals surface area contributed by atoms with Gasteiger partial charge in [0.25, 0.3) is 0 Å². The monoisotopic (exact) mass is 176 g/mol. The highest BCUT2D eigenvalue weighted by molar-refractivity contribution is 4.58. The van der Waals surface area contributed by atoms with E-state index in [1.807, 2.05) is 34.7 Å². The van der Waals surface area contributed by atoms with Crippen molar-refractivity contribution in [3.8, 4) is 0 Å². The van der Waals surface area contributed by atoms with E-state index in [9.17, 15) is 0 Å². The first-order valence-corrected chi connectivity index (χ1v) is 5.19. The average Bonchev–Trinajstić information content (AvgIpc) is 2.20. The fourth-order valence-electron chi connectivity index (χ4n) is 0.463. The van der Waals surface area contributed by atoms with E-state index < -0.39 is 0 Å². The van der Waals surface area contributed by atoms with Gasteiger partial charge in [0.2, 0.25) is 0 Å². The highest BCUT2D eigenvalue weighted by Gasteiger charge is 1.92. The maximum atomic E-state index is 3.24. The molecule has 0 aromatic heterocycles. The van der Waals surface area contributed by atoms with Crippen LogP contribution < -0.4 is 10.6 Å². The predicted octanol–water partition coefficient (Wildman–Crippen LogP) is 2.26. The van der Waals surface area contributed by atoms with Gasteiger partial charge in [-0.05, 0) is 20.5 Å². The van der Waals surface area contributed by atoms with Crippen LogP contribution in [-0.2, 0) is 0 Å². The van der Waals surface area contributed by atoms with Gasteiger partial charge < -0.3 is 10.6 Å². The molecule has 12 heavy (non-hydrogen) atoms. The van der Waals surface area contributed by atoms with Crippen LogP contribution in [0.15, 0.2) is 0 Å². The van der Waals surface area contributed by atoms with Gasteiger partial charge in [-0.2, -0.15) is 0 Å². The third-order valence-electron chi connectivity index (χ3n) is 1.19. The average molecular weight is 176 g/mol. The summed E-state index contributed by atoms with van der Waals surface area (Å²) in [6, 6.07) is 0.593. The van der Waals surface area contributed by atoms with Crippen molar-refractivity contribution in [2.75, 3.05) is 20.1 Å². The fourth-order valence-corrected chi connectivity index (χ4v) is 0.463. The topological polar surface area (TPSA) is 24.1 Å². The third kappa shape index (κ3) is 22.5. The third-order valence-corrected chi connectivity index (χ3v) is 1.19. The molecule has 0 bridgehead atoms. The maximum Gasteiger partial charge on any atom is 0.0161 e. The van der Waals surface area contributed by atoms with E-state index >= 15 is 0 Å². The van der Waals surface area contributed by atoms with Crippen LogP contribution in [0.4, 0.5) is 0 Å². The van der Waals surface area contributed by atoms with Gasteiger partial charge in [-0.1, -0.05) is 34.6 Å². The molecule has 2 heteroatoms. The van der Waals surface area contributed by atoms with Gasteiger partial charge in [-0.3, -0.25) is 0 Å². The number of hydrogen-bond donors (Lipinski definition) is 2. The second kappa shape index (κ2) is 22.4. The van der Waals surface area contributed by atoms with Gasteiger partial charge in [-0.25, -0.2) is 0 Å². The van der Waals surface area contributed by atoms with Gasteiger partial charge in [0, 0.05) is 12.6 Å². The number of nitrogens with one attached hydrogen (secondary N) is 2. The lowest BCUT2D eigenvalue weighted by atomic mass is 10.3. The van der Waals surface area contributed by atoms with Crippen LogP contribution >= 0.6 is 0 Å². The van der Waals surface area contributed by atoms with Crippen molar-refractivity contribution in [2.24, 2.45) is 0 Å². The minimum absolute atomic E-state index is 0.593. The van der Waals surface area contributed by atoms with Crippen LogP contribution in [0.3, 0.4) is 0 Å². The molecule has 0 saturated heterocycles. The van der Waals surface area contributed by atoms with Crippen LogP contribution in [0, 0.1) is 0 Å². The Balaban J connectivity index is -0.000000175. The molecule has 0 aliphatic carbocycles. The SMILES string of the molecule is CC.CC.CCNCC(C)NC. The summed E-state index contributed by atoms with van der Waals surface area (Å²) < 4.78 is 0. The van der Waals surface area contributed by atoms with Crippen molar-refractivity contribution in [3.05, 3.63) is 0 Å². The number of hydrogen-bond acceptors (Lipinski definition) is 2. The Morgan fingerprint density at radius 1 is 1.08 bits per heavy atom. The van der Waals surface area contributed by atoms with Gasteiger partial charge in [-0.15, -0.1) is 0 Å². The summed E-state index contributed by atoms with van der Waals surface area (Å²) in [7, 11) is 1.97. The summed E-state index contributed by atoms with van der Waals surface area (Å²) in [6.07, 6.45) is 0. The normalized spacial score (nSPS) is 10.2. The smallest absolute Gasteiger partial charge is 0.0161 e. The summed E-state index contributed by atoms with van der Waals surface area (Å²) >= 11 is 0. The molecule has 0 radical (unpaired) electrons. The standard InChI is InChI=1S/C6H16N2.2C2H6/c1-4-8-5-6(2)7-3;2*1-2/h6-8H,4-5H2,1-3H3;2*1-2H3. The highest BCUT2D eigenvalue weighted by atomic mass is 14.9. The van der Waals surface area contributed by atoms with E-state index in [0.29, 0.717) is 6.04 Å². The van der Waals surface area contributed by atoms with E-state index in [0.717, 1.165) is 13.1 Å². The summed E-state index contributed by atoms with van der Waals surface area (Å²) in [5, 5.41) is 6.37. The van der Waals surface area contributed by atoms with Crippen molar-refractivity contribution in [1.29, 1.82) is 0 Å². The Hall–Kier alpha value is -0.0800. The summed E-state index contributed by atoms with van der Waals surface area (Å²) in [6.45, 7) is 14.4. The Kier molecular flexibility index (Phi) is 33.4. The first kappa shape index (κ1) is 17.9. The maximum absolute atomic E-state index is 3.24. The van der Waals surface area contributed by atoms with Gasteiger partial charge in [0.05, 0.1) is 0 Å². The van der Waals surface area contributed by atoms with Crippen molar-refractivity contribution in [2.45, 2.75) is 47.6 Å². The van der Waals surface area contributed by atoms with E-state index in [1.54, 1.807) is 0 Å². The zero-order chi connectivity index (χ0) is 10.4. The molecule has 0 aromatic rings. The van der Waals surface area contributed by atoms with Crippen LogP contribution in [0.1, 0.15) is 41.5 Å². The molecule has 0 aliphatic rings.